The molecule has 2 N–H and O–H groups in total. The fourth-order valence-electron chi connectivity index (χ4n) is 2.72. The average Bonchev–Trinajstić information content (AvgIpc) is 2.63. The number of hydrogen-bond acceptors (Lipinski definition) is 3. The molecule has 4 nitrogen and oxygen atoms in total. The fraction of sp³-hybridized carbons (Fsp3) is 0.316. The highest BCUT2D eigenvalue weighted by Gasteiger charge is 2.20. The summed E-state index contributed by atoms with van der Waals surface area (Å²) in [6.07, 6.45) is 2.00. The molecule has 1 fully saturated rings. The number of carbonyl (C=O) groups excluding carboxylic acids is 1. The summed E-state index contributed by atoms with van der Waals surface area (Å²) in [6, 6.07) is 13.4. The summed E-state index contributed by atoms with van der Waals surface area (Å²) < 4.78 is 18.5. The predicted molar refractivity (Wildman–Crippen MR) is 97.6 cm³/mol. The first kappa shape index (κ1) is 19.2. The number of nitrogens with one attached hydrogen (secondary N) is 2. The molecule has 1 amide bonds. The van der Waals surface area contributed by atoms with E-state index in [1.54, 1.807) is 12.1 Å². The van der Waals surface area contributed by atoms with E-state index in [0.29, 0.717) is 18.0 Å². The van der Waals surface area contributed by atoms with Crippen LogP contribution in [0.3, 0.4) is 0 Å². The zero-order valence-electron chi connectivity index (χ0n) is 13.8. The maximum absolute atomic E-state index is 12.9. The van der Waals surface area contributed by atoms with Crippen LogP contribution in [0.5, 0.6) is 11.5 Å². The number of carbonyl (C=O) groups is 1. The Morgan fingerprint density at radius 3 is 2.36 bits per heavy atom. The summed E-state index contributed by atoms with van der Waals surface area (Å²) in [4.78, 5) is 12.1. The minimum atomic E-state index is -0.290. The zero-order valence-corrected chi connectivity index (χ0v) is 14.7. The van der Waals surface area contributed by atoms with Crippen molar-refractivity contribution in [3.63, 3.8) is 0 Å². The van der Waals surface area contributed by atoms with Gasteiger partial charge in [0.2, 0.25) is 5.91 Å². The lowest BCUT2D eigenvalue weighted by molar-refractivity contribution is -0.125. The Morgan fingerprint density at radius 2 is 1.76 bits per heavy atom. The van der Waals surface area contributed by atoms with Gasteiger partial charge >= 0.3 is 0 Å². The molecule has 0 radical (unpaired) electrons. The van der Waals surface area contributed by atoms with Crippen molar-refractivity contribution < 1.29 is 13.9 Å². The molecule has 3 rings (SSSR count). The van der Waals surface area contributed by atoms with Gasteiger partial charge in [0.15, 0.2) is 0 Å². The molecule has 1 aliphatic rings. The van der Waals surface area contributed by atoms with Gasteiger partial charge in [0.1, 0.15) is 17.3 Å². The second-order valence-corrected chi connectivity index (χ2v) is 5.96. The van der Waals surface area contributed by atoms with Gasteiger partial charge in [-0.25, -0.2) is 4.39 Å². The SMILES string of the molecule is Cl.O=C(NCc1ccc(Oc2ccc(F)cc2)cc1)C1CCCNC1. The standard InChI is InChI=1S/C19H21FN2O2.ClH/c20-16-5-9-18(10-6-16)24-17-7-3-14(4-8-17)12-22-19(23)15-2-1-11-21-13-15;/h3-10,15,21H,1-2,11-13H2,(H,22,23);1H. The quantitative estimate of drug-likeness (QED) is 0.851. The van der Waals surface area contributed by atoms with Crippen LogP contribution in [0.1, 0.15) is 18.4 Å². The number of benzene rings is 2. The Bertz CT molecular complexity index is 671. The molecule has 25 heavy (non-hydrogen) atoms. The molecule has 0 aromatic heterocycles. The van der Waals surface area contributed by atoms with Crippen molar-refractivity contribution in [3.05, 3.63) is 59.9 Å². The smallest absolute Gasteiger partial charge is 0.224 e. The first-order valence-electron chi connectivity index (χ1n) is 8.21. The lowest BCUT2D eigenvalue weighted by Crippen LogP contribution is -2.40. The van der Waals surface area contributed by atoms with E-state index in [2.05, 4.69) is 10.6 Å². The molecule has 1 unspecified atom stereocenters. The van der Waals surface area contributed by atoms with Gasteiger partial charge in [-0.1, -0.05) is 12.1 Å². The third-order valence-electron chi connectivity index (χ3n) is 4.11. The molecule has 134 valence electrons. The van der Waals surface area contributed by atoms with Crippen molar-refractivity contribution in [1.82, 2.24) is 10.6 Å². The van der Waals surface area contributed by atoms with Gasteiger partial charge in [-0.2, -0.15) is 0 Å². The molecule has 0 spiro atoms. The summed E-state index contributed by atoms with van der Waals surface area (Å²) in [7, 11) is 0. The average molecular weight is 365 g/mol. The van der Waals surface area contributed by atoms with Crippen LogP contribution < -0.4 is 15.4 Å². The monoisotopic (exact) mass is 364 g/mol. The van der Waals surface area contributed by atoms with Crippen molar-refractivity contribution in [1.29, 1.82) is 0 Å². The van der Waals surface area contributed by atoms with E-state index in [4.69, 9.17) is 4.74 Å². The minimum absolute atomic E-state index is 0. The Hall–Kier alpha value is -2.11. The molecule has 0 aliphatic carbocycles. The molecule has 2 aromatic rings. The van der Waals surface area contributed by atoms with E-state index < -0.39 is 0 Å². The van der Waals surface area contributed by atoms with Gasteiger partial charge in [0.25, 0.3) is 0 Å². The predicted octanol–water partition coefficient (Wildman–Crippen LogP) is 3.66. The molecule has 1 atom stereocenters. The second-order valence-electron chi connectivity index (χ2n) is 5.96. The molecule has 0 saturated carbocycles. The highest BCUT2D eigenvalue weighted by molar-refractivity contribution is 5.85. The lowest BCUT2D eigenvalue weighted by atomic mass is 9.99. The number of hydrogen-bond donors (Lipinski definition) is 2. The Balaban J connectivity index is 0.00000225. The summed E-state index contributed by atoms with van der Waals surface area (Å²) in [5, 5.41) is 6.23. The van der Waals surface area contributed by atoms with Crippen LogP contribution in [0, 0.1) is 11.7 Å². The Morgan fingerprint density at radius 1 is 1.12 bits per heavy atom. The fourth-order valence-corrected chi connectivity index (χ4v) is 2.72. The van der Waals surface area contributed by atoms with Crippen LogP contribution in [0.2, 0.25) is 0 Å². The second kappa shape index (κ2) is 9.39. The molecule has 6 heteroatoms. The van der Waals surface area contributed by atoms with Crippen molar-refractivity contribution >= 4 is 18.3 Å². The largest absolute Gasteiger partial charge is 0.457 e. The number of rotatable bonds is 5. The number of amides is 1. The molecule has 1 aliphatic heterocycles. The van der Waals surface area contributed by atoms with E-state index in [9.17, 15) is 9.18 Å². The normalized spacial score (nSPS) is 16.6. The van der Waals surface area contributed by atoms with Gasteiger partial charge < -0.3 is 15.4 Å². The maximum Gasteiger partial charge on any atom is 0.224 e. The van der Waals surface area contributed by atoms with E-state index in [0.717, 1.165) is 31.5 Å². The maximum atomic E-state index is 12.9. The van der Waals surface area contributed by atoms with Crippen LogP contribution >= 0.6 is 12.4 Å². The molecular formula is C19H22ClFN2O2. The third kappa shape index (κ3) is 5.73. The van der Waals surface area contributed by atoms with Crippen LogP contribution in [0.25, 0.3) is 0 Å². The minimum Gasteiger partial charge on any atom is -0.457 e. The van der Waals surface area contributed by atoms with Gasteiger partial charge in [0.05, 0.1) is 5.92 Å². The number of ether oxygens (including phenoxy) is 1. The van der Waals surface area contributed by atoms with Gasteiger partial charge in [-0.05, 0) is 61.3 Å². The molecule has 1 saturated heterocycles. The van der Waals surface area contributed by atoms with Crippen molar-refractivity contribution in [2.45, 2.75) is 19.4 Å². The first-order chi connectivity index (χ1) is 11.7. The van der Waals surface area contributed by atoms with Crippen molar-refractivity contribution in [2.24, 2.45) is 5.92 Å². The van der Waals surface area contributed by atoms with Crippen LogP contribution in [-0.4, -0.2) is 19.0 Å². The van der Waals surface area contributed by atoms with E-state index >= 15 is 0 Å². The summed E-state index contributed by atoms with van der Waals surface area (Å²) in [5.41, 5.74) is 1.01. The number of halogens is 2. The summed E-state index contributed by atoms with van der Waals surface area (Å²) in [6.45, 7) is 2.27. The lowest BCUT2D eigenvalue weighted by Gasteiger charge is -2.21. The Kier molecular flexibility index (Phi) is 7.22. The summed E-state index contributed by atoms with van der Waals surface area (Å²) >= 11 is 0. The highest BCUT2D eigenvalue weighted by Crippen LogP contribution is 2.22. The highest BCUT2D eigenvalue weighted by atomic mass is 35.5. The topological polar surface area (TPSA) is 50.4 Å². The van der Waals surface area contributed by atoms with E-state index in [1.165, 1.54) is 12.1 Å². The Labute approximate surface area is 153 Å². The van der Waals surface area contributed by atoms with Crippen LogP contribution in [0.4, 0.5) is 4.39 Å². The molecular weight excluding hydrogens is 343 g/mol. The van der Waals surface area contributed by atoms with E-state index in [-0.39, 0.29) is 30.0 Å². The number of piperidine rings is 1. The zero-order chi connectivity index (χ0) is 16.8. The van der Waals surface area contributed by atoms with Crippen LogP contribution in [-0.2, 0) is 11.3 Å². The molecule has 2 aromatic carbocycles. The first-order valence-corrected chi connectivity index (χ1v) is 8.21. The van der Waals surface area contributed by atoms with Crippen molar-refractivity contribution in [2.75, 3.05) is 13.1 Å². The summed E-state index contributed by atoms with van der Waals surface area (Å²) in [5.74, 6) is 1.14. The van der Waals surface area contributed by atoms with Gasteiger partial charge in [0, 0.05) is 13.1 Å². The third-order valence-corrected chi connectivity index (χ3v) is 4.11. The molecule has 1 heterocycles. The van der Waals surface area contributed by atoms with Gasteiger partial charge in [-0.3, -0.25) is 4.79 Å². The van der Waals surface area contributed by atoms with E-state index in [1.807, 2.05) is 24.3 Å². The van der Waals surface area contributed by atoms with Crippen molar-refractivity contribution in [3.8, 4) is 11.5 Å². The van der Waals surface area contributed by atoms with Crippen LogP contribution in [0.15, 0.2) is 48.5 Å². The van der Waals surface area contributed by atoms with Gasteiger partial charge in [-0.15, -0.1) is 12.4 Å². The molecule has 0 bridgehead atoms.